The number of nitrogens with zero attached hydrogens (tertiary/aromatic N) is 1. The molecule has 0 radical (unpaired) electrons. The summed E-state index contributed by atoms with van der Waals surface area (Å²) in [7, 11) is 1.66. The van der Waals surface area contributed by atoms with Crippen molar-refractivity contribution in [2.24, 2.45) is 0 Å². The Bertz CT molecular complexity index is 352. The van der Waals surface area contributed by atoms with Crippen molar-refractivity contribution in [3.8, 4) is 0 Å². The number of methoxy groups -OCH3 is 1. The second kappa shape index (κ2) is 11.0. The van der Waals surface area contributed by atoms with Crippen molar-refractivity contribution >= 4 is 17.8 Å². The van der Waals surface area contributed by atoms with E-state index in [1.165, 1.54) is 6.42 Å². The lowest BCUT2D eigenvalue weighted by Gasteiger charge is -2.39. The zero-order valence-electron chi connectivity index (χ0n) is 13.4. The minimum Gasteiger partial charge on any atom is -0.473 e. The highest BCUT2D eigenvalue weighted by atomic mass is 16.5. The number of aliphatic carboxylic acids is 2. The van der Waals surface area contributed by atoms with Crippen LogP contribution in [0.1, 0.15) is 33.1 Å². The first-order chi connectivity index (χ1) is 10.3. The van der Waals surface area contributed by atoms with E-state index in [2.05, 4.69) is 19.2 Å². The predicted octanol–water partition coefficient (Wildman–Crippen LogP) is 0.168. The van der Waals surface area contributed by atoms with E-state index in [1.807, 2.05) is 4.90 Å². The van der Waals surface area contributed by atoms with Crippen LogP contribution in [-0.2, 0) is 19.1 Å². The fraction of sp³-hybridized carbons (Fsp3) is 0.786. The number of nitrogens with one attached hydrogen (secondary N) is 1. The number of amides is 1. The van der Waals surface area contributed by atoms with Crippen LogP contribution in [-0.4, -0.2) is 71.8 Å². The van der Waals surface area contributed by atoms with E-state index in [-0.39, 0.29) is 5.91 Å². The molecule has 0 spiro atoms. The number of ether oxygens (including phenoxy) is 1. The maximum absolute atomic E-state index is 12.0. The van der Waals surface area contributed by atoms with Crippen molar-refractivity contribution in [1.29, 1.82) is 0 Å². The van der Waals surface area contributed by atoms with Gasteiger partial charge in [0, 0.05) is 25.7 Å². The van der Waals surface area contributed by atoms with Crippen molar-refractivity contribution in [2.75, 3.05) is 26.8 Å². The molecule has 0 aliphatic carbocycles. The maximum atomic E-state index is 12.0. The number of hydrogen-bond donors (Lipinski definition) is 3. The Kier molecular flexibility index (Phi) is 10.1. The monoisotopic (exact) mass is 318 g/mol. The molecule has 1 aliphatic rings. The lowest BCUT2D eigenvalue weighted by molar-refractivity contribution is -0.159. The molecule has 2 atom stereocenters. The van der Waals surface area contributed by atoms with E-state index in [9.17, 15) is 4.79 Å². The summed E-state index contributed by atoms with van der Waals surface area (Å²) in [4.78, 5) is 32.2. The van der Waals surface area contributed by atoms with Gasteiger partial charge in [-0.2, -0.15) is 0 Å². The smallest absolute Gasteiger partial charge is 0.414 e. The SMILES string of the molecule is COCCNCC(=O)N1C(C)CCCC1C.O=C(O)C(=O)O. The number of carboxylic acids is 2. The summed E-state index contributed by atoms with van der Waals surface area (Å²) in [6, 6.07) is 0.779. The van der Waals surface area contributed by atoms with Gasteiger partial charge in [0.05, 0.1) is 13.2 Å². The molecule has 1 rings (SSSR count). The van der Waals surface area contributed by atoms with Crippen molar-refractivity contribution in [1.82, 2.24) is 10.2 Å². The van der Waals surface area contributed by atoms with Crippen molar-refractivity contribution < 1.29 is 29.3 Å². The second-order valence-corrected chi connectivity index (χ2v) is 5.21. The summed E-state index contributed by atoms with van der Waals surface area (Å²) in [6.07, 6.45) is 3.51. The predicted molar refractivity (Wildman–Crippen MR) is 79.6 cm³/mol. The van der Waals surface area contributed by atoms with Gasteiger partial charge in [-0.25, -0.2) is 9.59 Å². The average Bonchev–Trinajstić information content (AvgIpc) is 2.44. The van der Waals surface area contributed by atoms with E-state index < -0.39 is 11.9 Å². The summed E-state index contributed by atoms with van der Waals surface area (Å²) < 4.78 is 4.92. The summed E-state index contributed by atoms with van der Waals surface area (Å²) in [5.74, 6) is -3.43. The third kappa shape index (κ3) is 7.94. The van der Waals surface area contributed by atoms with E-state index in [0.29, 0.717) is 25.2 Å². The Balaban J connectivity index is 0.000000626. The molecule has 2 unspecified atom stereocenters. The third-order valence-electron chi connectivity index (χ3n) is 3.42. The topological polar surface area (TPSA) is 116 Å². The van der Waals surface area contributed by atoms with Gasteiger partial charge in [-0.1, -0.05) is 0 Å². The van der Waals surface area contributed by atoms with Crippen molar-refractivity contribution in [2.45, 2.75) is 45.2 Å². The molecule has 1 saturated heterocycles. The molecule has 1 amide bonds. The van der Waals surface area contributed by atoms with Crippen LogP contribution in [0.3, 0.4) is 0 Å². The number of carbonyl (C=O) groups is 3. The minimum atomic E-state index is -1.82. The first kappa shape index (κ1) is 20.3. The molecule has 1 heterocycles. The average molecular weight is 318 g/mol. The summed E-state index contributed by atoms with van der Waals surface area (Å²) in [5.41, 5.74) is 0. The van der Waals surface area contributed by atoms with Crippen LogP contribution >= 0.6 is 0 Å². The molecule has 0 bridgehead atoms. The molecule has 0 aromatic rings. The van der Waals surface area contributed by atoms with E-state index in [1.54, 1.807) is 7.11 Å². The molecule has 8 heteroatoms. The number of likely N-dealkylation sites (tertiary alicyclic amines) is 1. The molecule has 0 aromatic carbocycles. The molecule has 0 saturated carbocycles. The van der Waals surface area contributed by atoms with Crippen LogP contribution in [0.4, 0.5) is 0 Å². The third-order valence-corrected chi connectivity index (χ3v) is 3.42. The number of carbonyl (C=O) groups excluding carboxylic acids is 1. The molecule has 128 valence electrons. The summed E-state index contributed by atoms with van der Waals surface area (Å²) >= 11 is 0. The zero-order valence-corrected chi connectivity index (χ0v) is 13.4. The lowest BCUT2D eigenvalue weighted by Crippen LogP contribution is -2.50. The molecule has 8 nitrogen and oxygen atoms in total. The van der Waals surface area contributed by atoms with Gasteiger partial charge in [-0.15, -0.1) is 0 Å². The van der Waals surface area contributed by atoms with Gasteiger partial charge < -0.3 is 25.2 Å². The van der Waals surface area contributed by atoms with Crippen LogP contribution in [0.15, 0.2) is 0 Å². The van der Waals surface area contributed by atoms with Crippen molar-refractivity contribution in [3.63, 3.8) is 0 Å². The fourth-order valence-electron chi connectivity index (χ4n) is 2.37. The Morgan fingerprint density at radius 1 is 1.14 bits per heavy atom. The Morgan fingerprint density at radius 3 is 2.05 bits per heavy atom. The zero-order chi connectivity index (χ0) is 17.1. The molecule has 3 N–H and O–H groups in total. The van der Waals surface area contributed by atoms with Gasteiger partial charge in [0.1, 0.15) is 0 Å². The largest absolute Gasteiger partial charge is 0.473 e. The van der Waals surface area contributed by atoms with Gasteiger partial charge in [0.15, 0.2) is 0 Å². The molecule has 0 aromatic heterocycles. The van der Waals surface area contributed by atoms with E-state index in [0.717, 1.165) is 19.4 Å². The molecule has 1 aliphatic heterocycles. The highest BCUT2D eigenvalue weighted by Gasteiger charge is 2.28. The van der Waals surface area contributed by atoms with Gasteiger partial charge in [0.25, 0.3) is 0 Å². The first-order valence-corrected chi connectivity index (χ1v) is 7.28. The minimum absolute atomic E-state index is 0.218. The van der Waals surface area contributed by atoms with Gasteiger partial charge >= 0.3 is 11.9 Å². The Labute approximate surface area is 130 Å². The van der Waals surface area contributed by atoms with Gasteiger partial charge in [0.2, 0.25) is 5.91 Å². The van der Waals surface area contributed by atoms with Crippen LogP contribution < -0.4 is 5.32 Å². The standard InChI is InChI=1S/C12H24N2O2.C2H2O4/c1-10-5-4-6-11(2)14(10)12(15)9-13-7-8-16-3;3-1(4)2(5)6/h10-11,13H,4-9H2,1-3H3;(H,3,4)(H,5,6). The maximum Gasteiger partial charge on any atom is 0.414 e. The lowest BCUT2D eigenvalue weighted by atomic mass is 9.97. The molecular formula is C14H26N2O6. The van der Waals surface area contributed by atoms with E-state index >= 15 is 0 Å². The summed E-state index contributed by atoms with van der Waals surface area (Å²) in [6.45, 7) is 6.10. The number of rotatable bonds is 5. The van der Waals surface area contributed by atoms with Gasteiger partial charge in [-0.3, -0.25) is 4.79 Å². The molecule has 1 fully saturated rings. The highest BCUT2D eigenvalue weighted by Crippen LogP contribution is 2.22. The Hall–Kier alpha value is -1.67. The van der Waals surface area contributed by atoms with Crippen molar-refractivity contribution in [3.05, 3.63) is 0 Å². The number of hydrogen-bond acceptors (Lipinski definition) is 5. The van der Waals surface area contributed by atoms with Gasteiger partial charge in [-0.05, 0) is 33.1 Å². The molecule has 22 heavy (non-hydrogen) atoms. The normalized spacial score (nSPS) is 20.8. The van der Waals surface area contributed by atoms with Crippen LogP contribution in [0.25, 0.3) is 0 Å². The fourth-order valence-corrected chi connectivity index (χ4v) is 2.37. The number of carboxylic acid groups (broad SMARTS) is 2. The number of piperidine rings is 1. The van der Waals surface area contributed by atoms with Crippen LogP contribution in [0, 0.1) is 0 Å². The Morgan fingerprint density at radius 2 is 1.64 bits per heavy atom. The second-order valence-electron chi connectivity index (χ2n) is 5.21. The van der Waals surface area contributed by atoms with Crippen LogP contribution in [0.2, 0.25) is 0 Å². The van der Waals surface area contributed by atoms with Crippen LogP contribution in [0.5, 0.6) is 0 Å². The highest BCUT2D eigenvalue weighted by molar-refractivity contribution is 6.27. The quantitative estimate of drug-likeness (QED) is 0.488. The van der Waals surface area contributed by atoms with E-state index in [4.69, 9.17) is 24.5 Å². The first-order valence-electron chi connectivity index (χ1n) is 7.28. The molecular weight excluding hydrogens is 292 g/mol. The summed E-state index contributed by atoms with van der Waals surface area (Å²) in [5, 5.41) is 17.9.